The summed E-state index contributed by atoms with van der Waals surface area (Å²) in [5.74, 6) is 0.799. The Morgan fingerprint density at radius 2 is 1.47 bits per heavy atom. The fraction of sp³-hybridized carbons (Fsp3) is 0.294. The Balaban J connectivity index is 2.37. The number of aliphatic hydroxyl groups excluding tert-OH is 1. The van der Waals surface area contributed by atoms with Gasteiger partial charge >= 0.3 is 0 Å². The molecule has 0 radical (unpaired) electrons. The Bertz CT molecular complexity index is 571. The number of aryl methyl sites for hydroxylation is 3. The molecule has 2 rings (SSSR count). The molecule has 2 heteroatoms. The average Bonchev–Trinajstić information content (AvgIpc) is 2.42. The molecule has 2 nitrogen and oxygen atoms in total. The van der Waals surface area contributed by atoms with E-state index in [1.165, 1.54) is 11.1 Å². The minimum Gasteiger partial charge on any atom is -0.497 e. The predicted molar refractivity (Wildman–Crippen MR) is 77.7 cm³/mol. The van der Waals surface area contributed by atoms with Crippen LogP contribution in [0.15, 0.2) is 36.4 Å². The molecule has 2 aromatic carbocycles. The van der Waals surface area contributed by atoms with Crippen LogP contribution in [0.4, 0.5) is 0 Å². The molecule has 1 unspecified atom stereocenters. The van der Waals surface area contributed by atoms with Crippen molar-refractivity contribution in [3.63, 3.8) is 0 Å². The van der Waals surface area contributed by atoms with Gasteiger partial charge in [0.2, 0.25) is 0 Å². The molecule has 0 bridgehead atoms. The highest BCUT2D eigenvalue weighted by atomic mass is 16.5. The molecule has 0 amide bonds. The zero-order valence-electron chi connectivity index (χ0n) is 11.9. The first-order valence-electron chi connectivity index (χ1n) is 6.42. The SMILES string of the molecule is COc1ccc(C(O)c2cc(C)c(C)cc2C)cc1. The normalized spacial score (nSPS) is 12.3. The molecule has 1 atom stereocenters. The van der Waals surface area contributed by atoms with E-state index < -0.39 is 6.10 Å². The van der Waals surface area contributed by atoms with Crippen molar-refractivity contribution >= 4 is 0 Å². The van der Waals surface area contributed by atoms with Crippen LogP contribution in [0.25, 0.3) is 0 Å². The lowest BCUT2D eigenvalue weighted by Gasteiger charge is -2.16. The number of ether oxygens (including phenoxy) is 1. The van der Waals surface area contributed by atoms with Crippen LogP contribution in [-0.2, 0) is 0 Å². The van der Waals surface area contributed by atoms with Gasteiger partial charge in [0.1, 0.15) is 11.9 Å². The number of hydrogen-bond donors (Lipinski definition) is 1. The van der Waals surface area contributed by atoms with Crippen LogP contribution >= 0.6 is 0 Å². The minimum absolute atomic E-state index is 0.592. The third-order valence-corrected chi connectivity index (χ3v) is 3.61. The van der Waals surface area contributed by atoms with Crippen molar-refractivity contribution in [1.29, 1.82) is 0 Å². The van der Waals surface area contributed by atoms with Gasteiger partial charge < -0.3 is 9.84 Å². The van der Waals surface area contributed by atoms with Gasteiger partial charge in [-0.25, -0.2) is 0 Å². The van der Waals surface area contributed by atoms with E-state index in [-0.39, 0.29) is 0 Å². The molecule has 0 aliphatic heterocycles. The molecule has 0 aliphatic carbocycles. The highest BCUT2D eigenvalue weighted by Crippen LogP contribution is 2.28. The lowest BCUT2D eigenvalue weighted by molar-refractivity contribution is 0.219. The Hall–Kier alpha value is -1.80. The van der Waals surface area contributed by atoms with Gasteiger partial charge in [-0.15, -0.1) is 0 Å². The predicted octanol–water partition coefficient (Wildman–Crippen LogP) is 3.70. The monoisotopic (exact) mass is 256 g/mol. The summed E-state index contributed by atoms with van der Waals surface area (Å²) in [4.78, 5) is 0. The molecular formula is C17H20O2. The Kier molecular flexibility index (Phi) is 3.91. The number of benzene rings is 2. The summed E-state index contributed by atoms with van der Waals surface area (Å²) in [5, 5.41) is 10.5. The van der Waals surface area contributed by atoms with Crippen LogP contribution in [0.3, 0.4) is 0 Å². The van der Waals surface area contributed by atoms with E-state index in [0.717, 1.165) is 22.4 Å². The van der Waals surface area contributed by atoms with Crippen molar-refractivity contribution in [3.8, 4) is 5.75 Å². The van der Waals surface area contributed by atoms with Crippen LogP contribution in [0.1, 0.15) is 33.9 Å². The van der Waals surface area contributed by atoms with Gasteiger partial charge in [0.05, 0.1) is 7.11 Å². The number of methoxy groups -OCH3 is 1. The molecule has 2 aromatic rings. The third-order valence-electron chi connectivity index (χ3n) is 3.61. The lowest BCUT2D eigenvalue weighted by Crippen LogP contribution is -2.03. The molecule has 100 valence electrons. The number of rotatable bonds is 3. The summed E-state index contributed by atoms with van der Waals surface area (Å²) >= 11 is 0. The van der Waals surface area contributed by atoms with E-state index in [0.29, 0.717) is 0 Å². The van der Waals surface area contributed by atoms with Crippen LogP contribution in [-0.4, -0.2) is 12.2 Å². The van der Waals surface area contributed by atoms with Gasteiger partial charge in [-0.05, 0) is 60.7 Å². The second-order valence-corrected chi connectivity index (χ2v) is 4.97. The lowest BCUT2D eigenvalue weighted by atomic mass is 9.93. The first-order chi connectivity index (χ1) is 9.02. The van der Waals surface area contributed by atoms with Gasteiger partial charge in [-0.1, -0.05) is 24.3 Å². The fourth-order valence-electron chi connectivity index (χ4n) is 2.24. The first-order valence-corrected chi connectivity index (χ1v) is 6.42. The van der Waals surface area contributed by atoms with Crippen molar-refractivity contribution < 1.29 is 9.84 Å². The summed E-state index contributed by atoms with van der Waals surface area (Å²) in [5.41, 5.74) is 5.42. The Morgan fingerprint density at radius 3 is 2.05 bits per heavy atom. The summed E-state index contributed by atoms with van der Waals surface area (Å²) in [6, 6.07) is 11.7. The second-order valence-electron chi connectivity index (χ2n) is 4.97. The van der Waals surface area contributed by atoms with Crippen molar-refractivity contribution in [2.24, 2.45) is 0 Å². The van der Waals surface area contributed by atoms with E-state index in [1.807, 2.05) is 31.2 Å². The molecule has 1 N–H and O–H groups in total. The van der Waals surface area contributed by atoms with Gasteiger partial charge in [0.25, 0.3) is 0 Å². The molecule has 0 heterocycles. The maximum atomic E-state index is 10.5. The van der Waals surface area contributed by atoms with Crippen molar-refractivity contribution in [2.75, 3.05) is 7.11 Å². The zero-order chi connectivity index (χ0) is 14.0. The molecule has 0 saturated carbocycles. The minimum atomic E-state index is -0.592. The van der Waals surface area contributed by atoms with Crippen molar-refractivity contribution in [2.45, 2.75) is 26.9 Å². The highest BCUT2D eigenvalue weighted by Gasteiger charge is 2.14. The Labute approximate surface area is 114 Å². The topological polar surface area (TPSA) is 29.5 Å². The number of hydrogen-bond acceptors (Lipinski definition) is 2. The summed E-state index contributed by atoms with van der Waals surface area (Å²) < 4.78 is 5.13. The van der Waals surface area contributed by atoms with Gasteiger partial charge in [0.15, 0.2) is 0 Å². The van der Waals surface area contributed by atoms with Crippen LogP contribution < -0.4 is 4.74 Å². The van der Waals surface area contributed by atoms with Crippen LogP contribution in [0, 0.1) is 20.8 Å². The maximum Gasteiger partial charge on any atom is 0.118 e. The van der Waals surface area contributed by atoms with Gasteiger partial charge in [-0.2, -0.15) is 0 Å². The molecule has 0 aliphatic rings. The van der Waals surface area contributed by atoms with Crippen molar-refractivity contribution in [1.82, 2.24) is 0 Å². The van der Waals surface area contributed by atoms with Gasteiger partial charge in [-0.3, -0.25) is 0 Å². The van der Waals surface area contributed by atoms with Gasteiger partial charge in [0, 0.05) is 0 Å². The molecule has 19 heavy (non-hydrogen) atoms. The molecular weight excluding hydrogens is 236 g/mol. The van der Waals surface area contributed by atoms with Crippen molar-refractivity contribution in [3.05, 3.63) is 64.2 Å². The number of aliphatic hydroxyl groups is 1. The molecule has 0 spiro atoms. The highest BCUT2D eigenvalue weighted by molar-refractivity contribution is 5.42. The summed E-state index contributed by atoms with van der Waals surface area (Å²) in [6.45, 7) is 6.19. The molecule has 0 fully saturated rings. The smallest absolute Gasteiger partial charge is 0.118 e. The standard InChI is InChI=1S/C17H20O2/c1-11-9-13(3)16(10-12(11)2)17(18)14-5-7-15(19-4)8-6-14/h5-10,17-18H,1-4H3. The van der Waals surface area contributed by atoms with E-state index in [9.17, 15) is 5.11 Å². The first kappa shape index (κ1) is 13.6. The third kappa shape index (κ3) is 2.79. The fourth-order valence-corrected chi connectivity index (χ4v) is 2.24. The largest absolute Gasteiger partial charge is 0.497 e. The molecule has 0 saturated heterocycles. The van der Waals surface area contributed by atoms with Crippen LogP contribution in [0.2, 0.25) is 0 Å². The quantitative estimate of drug-likeness (QED) is 0.907. The maximum absolute atomic E-state index is 10.5. The summed E-state index contributed by atoms with van der Waals surface area (Å²) in [7, 11) is 1.64. The van der Waals surface area contributed by atoms with E-state index in [2.05, 4.69) is 26.0 Å². The van der Waals surface area contributed by atoms with E-state index in [1.54, 1.807) is 7.11 Å². The van der Waals surface area contributed by atoms with Crippen LogP contribution in [0.5, 0.6) is 5.75 Å². The van der Waals surface area contributed by atoms with E-state index in [4.69, 9.17) is 4.74 Å². The van der Waals surface area contributed by atoms with E-state index >= 15 is 0 Å². The molecule has 0 aromatic heterocycles. The Morgan fingerprint density at radius 1 is 0.895 bits per heavy atom. The average molecular weight is 256 g/mol. The zero-order valence-corrected chi connectivity index (χ0v) is 11.9. The summed E-state index contributed by atoms with van der Waals surface area (Å²) in [6.07, 6.45) is -0.592. The second kappa shape index (κ2) is 5.45.